The Morgan fingerprint density at radius 3 is 2.32 bits per heavy atom. The molecule has 3 rings (SSSR count). The number of thioether (sulfide) groups is 1. The van der Waals surface area contributed by atoms with Crippen LogP contribution in [0.3, 0.4) is 0 Å². The lowest BCUT2D eigenvalue weighted by atomic mass is 10.2. The molecule has 0 saturated carbocycles. The Kier molecular flexibility index (Phi) is 5.14. The first kappa shape index (κ1) is 17.2. The van der Waals surface area contributed by atoms with E-state index in [0.29, 0.717) is 34.0 Å². The van der Waals surface area contributed by atoms with Crippen molar-refractivity contribution in [3.63, 3.8) is 0 Å². The zero-order chi connectivity index (χ0) is 17.8. The molecule has 0 fully saturated rings. The number of methoxy groups -OCH3 is 3. The van der Waals surface area contributed by atoms with Gasteiger partial charge in [0.15, 0.2) is 11.5 Å². The summed E-state index contributed by atoms with van der Waals surface area (Å²) in [6.07, 6.45) is 0. The molecule has 0 aliphatic carbocycles. The summed E-state index contributed by atoms with van der Waals surface area (Å²) < 4.78 is 15.7. The van der Waals surface area contributed by atoms with Gasteiger partial charge in [-0.25, -0.2) is 4.98 Å². The van der Waals surface area contributed by atoms with Crippen LogP contribution in [0.4, 0.5) is 0 Å². The van der Waals surface area contributed by atoms with E-state index in [4.69, 9.17) is 14.2 Å². The number of ether oxygens (including phenoxy) is 3. The van der Waals surface area contributed by atoms with Crippen LogP contribution in [0.2, 0.25) is 0 Å². The average Bonchev–Trinajstić information content (AvgIpc) is 2.65. The van der Waals surface area contributed by atoms with Gasteiger partial charge in [0.25, 0.3) is 5.56 Å². The number of nitrogens with zero attached hydrogens (tertiary/aromatic N) is 1. The van der Waals surface area contributed by atoms with E-state index < -0.39 is 0 Å². The van der Waals surface area contributed by atoms with Crippen molar-refractivity contribution in [2.45, 2.75) is 10.6 Å². The third kappa shape index (κ3) is 3.71. The fourth-order valence-electron chi connectivity index (χ4n) is 2.41. The van der Waals surface area contributed by atoms with Gasteiger partial charge in [-0.05, 0) is 30.3 Å². The molecular weight excluding hydrogens is 340 g/mol. The van der Waals surface area contributed by atoms with Crippen LogP contribution in [0, 0.1) is 0 Å². The van der Waals surface area contributed by atoms with E-state index in [1.807, 2.05) is 24.3 Å². The van der Waals surface area contributed by atoms with Crippen molar-refractivity contribution in [3.05, 3.63) is 52.6 Å². The molecule has 0 aliphatic rings. The van der Waals surface area contributed by atoms with Gasteiger partial charge in [-0.2, -0.15) is 0 Å². The fraction of sp³-hybridized carbons (Fsp3) is 0.222. The van der Waals surface area contributed by atoms with E-state index in [1.54, 1.807) is 38.1 Å². The summed E-state index contributed by atoms with van der Waals surface area (Å²) in [5.74, 6) is 3.00. The van der Waals surface area contributed by atoms with E-state index in [2.05, 4.69) is 9.97 Å². The van der Waals surface area contributed by atoms with E-state index in [1.165, 1.54) is 7.11 Å². The van der Waals surface area contributed by atoms with Crippen molar-refractivity contribution < 1.29 is 14.2 Å². The van der Waals surface area contributed by atoms with Gasteiger partial charge < -0.3 is 19.2 Å². The fourth-order valence-corrected chi connectivity index (χ4v) is 3.17. The number of H-pyrrole nitrogens is 1. The lowest BCUT2D eigenvalue weighted by Gasteiger charge is -2.09. The molecule has 0 bridgehead atoms. The minimum Gasteiger partial charge on any atom is -0.497 e. The summed E-state index contributed by atoms with van der Waals surface area (Å²) in [7, 11) is 4.72. The minimum atomic E-state index is -0.198. The van der Waals surface area contributed by atoms with Crippen molar-refractivity contribution in [2.24, 2.45) is 0 Å². The third-order valence-electron chi connectivity index (χ3n) is 3.69. The number of rotatable bonds is 6. The Hall–Kier alpha value is -2.67. The molecule has 0 saturated heterocycles. The molecule has 6 nitrogen and oxygen atoms in total. The Labute approximate surface area is 149 Å². The first-order valence-corrected chi connectivity index (χ1v) is 8.55. The number of aromatic nitrogens is 2. The van der Waals surface area contributed by atoms with Crippen LogP contribution >= 0.6 is 11.8 Å². The first-order chi connectivity index (χ1) is 12.1. The van der Waals surface area contributed by atoms with Crippen molar-refractivity contribution in [1.29, 1.82) is 0 Å². The Balaban J connectivity index is 1.87. The van der Waals surface area contributed by atoms with Crippen LogP contribution in [0.5, 0.6) is 17.2 Å². The van der Waals surface area contributed by atoms with Crippen molar-refractivity contribution in [3.8, 4) is 17.2 Å². The quantitative estimate of drug-likeness (QED) is 0.682. The summed E-state index contributed by atoms with van der Waals surface area (Å²) in [4.78, 5) is 20.8. The molecule has 0 unspecified atom stereocenters. The summed E-state index contributed by atoms with van der Waals surface area (Å²) >= 11 is 1.58. The highest BCUT2D eigenvalue weighted by molar-refractivity contribution is 7.98. The number of hydrogen-bond donors (Lipinski definition) is 1. The lowest BCUT2D eigenvalue weighted by Crippen LogP contribution is -2.11. The normalized spacial score (nSPS) is 10.7. The molecule has 1 aromatic heterocycles. The molecule has 0 atom stereocenters. The maximum Gasteiger partial charge on any atom is 0.258 e. The molecule has 0 aliphatic heterocycles. The minimum absolute atomic E-state index is 0.198. The van der Waals surface area contributed by atoms with Crippen molar-refractivity contribution >= 4 is 22.7 Å². The van der Waals surface area contributed by atoms with Gasteiger partial charge >= 0.3 is 0 Å². The molecule has 130 valence electrons. The van der Waals surface area contributed by atoms with E-state index in [-0.39, 0.29) is 5.56 Å². The second kappa shape index (κ2) is 7.48. The van der Waals surface area contributed by atoms with Crippen molar-refractivity contribution in [2.75, 3.05) is 21.3 Å². The highest BCUT2D eigenvalue weighted by atomic mass is 32.2. The van der Waals surface area contributed by atoms with Gasteiger partial charge in [-0.15, -0.1) is 11.8 Å². The zero-order valence-electron chi connectivity index (χ0n) is 14.2. The molecule has 25 heavy (non-hydrogen) atoms. The Morgan fingerprint density at radius 1 is 1.00 bits per heavy atom. The number of hydrogen-bond acceptors (Lipinski definition) is 6. The number of aromatic amines is 1. The molecule has 0 radical (unpaired) electrons. The molecule has 3 aromatic rings. The van der Waals surface area contributed by atoms with Gasteiger partial charge in [0.2, 0.25) is 0 Å². The van der Waals surface area contributed by atoms with Crippen molar-refractivity contribution in [1.82, 2.24) is 9.97 Å². The van der Waals surface area contributed by atoms with Crippen LogP contribution in [-0.2, 0) is 5.75 Å². The predicted molar refractivity (Wildman–Crippen MR) is 98.0 cm³/mol. The largest absolute Gasteiger partial charge is 0.497 e. The summed E-state index contributed by atoms with van der Waals surface area (Å²) in [5.41, 5.74) is 0.378. The molecule has 7 heteroatoms. The lowest BCUT2D eigenvalue weighted by molar-refractivity contribution is 0.355. The van der Waals surface area contributed by atoms with Crippen LogP contribution in [-0.4, -0.2) is 31.3 Å². The number of benzene rings is 2. The topological polar surface area (TPSA) is 73.4 Å². The van der Waals surface area contributed by atoms with E-state index in [9.17, 15) is 4.79 Å². The Bertz CT molecular complexity index is 938. The first-order valence-electron chi connectivity index (χ1n) is 7.56. The SMILES string of the molecule is COc1ccc(SCc2nc3cc(OC)c(OC)cc3c(=O)[nH]2)cc1. The van der Waals surface area contributed by atoms with Crippen LogP contribution in [0.1, 0.15) is 5.82 Å². The van der Waals surface area contributed by atoms with E-state index in [0.717, 1.165) is 10.6 Å². The highest BCUT2D eigenvalue weighted by Crippen LogP contribution is 2.30. The standard InChI is InChI=1S/C18H18N2O4S/c1-22-11-4-6-12(7-5-11)25-10-17-19-14-9-16(24-3)15(23-2)8-13(14)18(21)20-17/h4-9H,10H2,1-3H3,(H,19,20,21). The maximum atomic E-state index is 12.3. The Morgan fingerprint density at radius 2 is 1.68 bits per heavy atom. The monoisotopic (exact) mass is 358 g/mol. The molecule has 1 heterocycles. The highest BCUT2D eigenvalue weighted by Gasteiger charge is 2.11. The summed E-state index contributed by atoms with van der Waals surface area (Å²) in [6, 6.07) is 11.1. The summed E-state index contributed by atoms with van der Waals surface area (Å²) in [6.45, 7) is 0. The number of fused-ring (bicyclic) bond motifs is 1. The molecular formula is C18H18N2O4S. The van der Waals surface area contributed by atoms with Crippen LogP contribution in [0.25, 0.3) is 10.9 Å². The van der Waals surface area contributed by atoms with Gasteiger partial charge in [0.1, 0.15) is 11.6 Å². The number of nitrogens with one attached hydrogen (secondary N) is 1. The van der Waals surface area contributed by atoms with Crippen LogP contribution in [0.15, 0.2) is 46.1 Å². The zero-order valence-corrected chi connectivity index (χ0v) is 15.0. The predicted octanol–water partition coefficient (Wildman–Crippen LogP) is 3.24. The molecule has 0 spiro atoms. The third-order valence-corrected chi connectivity index (χ3v) is 4.72. The second-order valence-corrected chi connectivity index (χ2v) is 6.25. The van der Waals surface area contributed by atoms with Gasteiger partial charge in [-0.3, -0.25) is 4.79 Å². The summed E-state index contributed by atoms with van der Waals surface area (Å²) in [5, 5.41) is 0.468. The molecule has 0 amide bonds. The maximum absolute atomic E-state index is 12.3. The molecule has 1 N–H and O–H groups in total. The van der Waals surface area contributed by atoms with Gasteiger partial charge in [0, 0.05) is 11.0 Å². The van der Waals surface area contributed by atoms with Crippen LogP contribution < -0.4 is 19.8 Å². The molecule has 2 aromatic carbocycles. The smallest absolute Gasteiger partial charge is 0.258 e. The second-order valence-electron chi connectivity index (χ2n) is 5.20. The van der Waals surface area contributed by atoms with Gasteiger partial charge in [0.05, 0.1) is 38.0 Å². The van der Waals surface area contributed by atoms with Gasteiger partial charge in [-0.1, -0.05) is 0 Å². The average molecular weight is 358 g/mol. The van der Waals surface area contributed by atoms with E-state index >= 15 is 0 Å².